The molecule has 4 heteroatoms. The highest BCUT2D eigenvalue weighted by Gasteiger charge is 2.31. The van der Waals surface area contributed by atoms with Gasteiger partial charge in [0.25, 0.3) is 0 Å². The van der Waals surface area contributed by atoms with Gasteiger partial charge in [0, 0.05) is 42.7 Å². The molecule has 2 fully saturated rings. The van der Waals surface area contributed by atoms with Crippen LogP contribution in [-0.4, -0.2) is 62.2 Å². The third kappa shape index (κ3) is 3.86. The van der Waals surface area contributed by atoms with Crippen LogP contribution in [0.3, 0.4) is 0 Å². The Labute approximate surface area is 136 Å². The van der Waals surface area contributed by atoms with E-state index in [1.165, 1.54) is 42.5 Å². The maximum Gasteiger partial charge on any atom is 0.0345 e. The summed E-state index contributed by atoms with van der Waals surface area (Å²) in [6, 6.07) is 10.2. The molecule has 0 amide bonds. The van der Waals surface area contributed by atoms with Crippen LogP contribution in [0.4, 0.5) is 0 Å². The van der Waals surface area contributed by atoms with Crippen LogP contribution in [0.1, 0.15) is 24.3 Å². The average molecular weight is 352 g/mol. The van der Waals surface area contributed by atoms with Gasteiger partial charge in [-0.1, -0.05) is 28.1 Å². The molecule has 1 saturated carbocycles. The van der Waals surface area contributed by atoms with Crippen molar-refractivity contribution in [1.82, 2.24) is 15.1 Å². The third-order valence-corrected chi connectivity index (χ3v) is 5.63. The van der Waals surface area contributed by atoms with E-state index in [0.29, 0.717) is 12.1 Å². The Morgan fingerprint density at radius 1 is 1.14 bits per heavy atom. The Balaban J connectivity index is 1.41. The van der Waals surface area contributed by atoms with E-state index in [1.54, 1.807) is 0 Å². The van der Waals surface area contributed by atoms with Gasteiger partial charge in [0.05, 0.1) is 0 Å². The van der Waals surface area contributed by atoms with E-state index in [-0.39, 0.29) is 0 Å². The summed E-state index contributed by atoms with van der Waals surface area (Å²) in [6.45, 7) is 4.70. The summed E-state index contributed by atoms with van der Waals surface area (Å²) in [5.74, 6) is 0.752. The number of piperazine rings is 1. The molecule has 1 aliphatic heterocycles. The molecular weight excluding hydrogens is 326 g/mol. The molecule has 1 atom stereocenters. The highest BCUT2D eigenvalue weighted by molar-refractivity contribution is 9.10. The van der Waals surface area contributed by atoms with Gasteiger partial charge in [-0.2, -0.15) is 0 Å². The van der Waals surface area contributed by atoms with Gasteiger partial charge in [0.2, 0.25) is 0 Å². The number of benzene rings is 1. The number of hydrogen-bond donors (Lipinski definition) is 1. The molecule has 2 aliphatic rings. The Hall–Kier alpha value is -0.420. The highest BCUT2D eigenvalue weighted by Crippen LogP contribution is 2.37. The van der Waals surface area contributed by atoms with Crippen LogP contribution >= 0.6 is 15.9 Å². The summed E-state index contributed by atoms with van der Waals surface area (Å²) in [6.07, 6.45) is 2.57. The summed E-state index contributed by atoms with van der Waals surface area (Å²) in [5, 5.41) is 3.77. The van der Waals surface area contributed by atoms with Crippen LogP contribution in [-0.2, 0) is 0 Å². The number of likely N-dealkylation sites (N-methyl/N-ethyl adjacent to an activating group) is 2. The lowest BCUT2D eigenvalue weighted by atomic mass is 9.76. The molecule has 1 heterocycles. The van der Waals surface area contributed by atoms with E-state index in [2.05, 4.69) is 69.4 Å². The van der Waals surface area contributed by atoms with E-state index < -0.39 is 0 Å². The van der Waals surface area contributed by atoms with Crippen LogP contribution in [0.2, 0.25) is 0 Å². The van der Waals surface area contributed by atoms with Crippen LogP contribution in [0.15, 0.2) is 28.7 Å². The second-order valence-corrected chi connectivity index (χ2v) is 7.64. The van der Waals surface area contributed by atoms with Gasteiger partial charge >= 0.3 is 0 Å². The molecule has 1 aromatic carbocycles. The maximum atomic E-state index is 3.77. The maximum absolute atomic E-state index is 3.77. The monoisotopic (exact) mass is 351 g/mol. The smallest absolute Gasteiger partial charge is 0.0345 e. The van der Waals surface area contributed by atoms with Gasteiger partial charge in [-0.3, -0.25) is 4.90 Å². The van der Waals surface area contributed by atoms with Crippen molar-refractivity contribution >= 4 is 15.9 Å². The van der Waals surface area contributed by atoms with E-state index in [1.807, 2.05) is 0 Å². The predicted octanol–water partition coefficient (Wildman–Crippen LogP) is 2.53. The van der Waals surface area contributed by atoms with Crippen molar-refractivity contribution in [2.45, 2.75) is 30.8 Å². The van der Waals surface area contributed by atoms with E-state index in [4.69, 9.17) is 0 Å². The van der Waals surface area contributed by atoms with Crippen molar-refractivity contribution < 1.29 is 0 Å². The van der Waals surface area contributed by atoms with Gasteiger partial charge in [-0.05, 0) is 50.6 Å². The lowest BCUT2D eigenvalue weighted by molar-refractivity contribution is 0.107. The lowest BCUT2D eigenvalue weighted by Crippen LogP contribution is -2.55. The summed E-state index contributed by atoms with van der Waals surface area (Å²) < 4.78 is 1.17. The summed E-state index contributed by atoms with van der Waals surface area (Å²) in [5.41, 5.74) is 1.49. The van der Waals surface area contributed by atoms with Gasteiger partial charge < -0.3 is 10.2 Å². The zero-order valence-corrected chi connectivity index (χ0v) is 14.6. The minimum absolute atomic E-state index is 0.662. The van der Waals surface area contributed by atoms with Crippen molar-refractivity contribution in [1.29, 1.82) is 0 Å². The normalized spacial score (nSPS) is 31.1. The lowest BCUT2D eigenvalue weighted by Gasteiger charge is -2.41. The fourth-order valence-corrected chi connectivity index (χ4v) is 3.68. The standard InChI is InChI=1S/C17H26BrN3/c1-20-7-8-21(2)17(12-20)11-19-16-9-14(10-16)13-3-5-15(18)6-4-13/h3-6,14,16-17,19H,7-12H2,1-2H3. The molecule has 3 rings (SSSR count). The van der Waals surface area contributed by atoms with Gasteiger partial charge in [0.15, 0.2) is 0 Å². The van der Waals surface area contributed by atoms with Crippen LogP contribution in [0.5, 0.6) is 0 Å². The quantitative estimate of drug-likeness (QED) is 0.899. The van der Waals surface area contributed by atoms with Crippen molar-refractivity contribution in [3.8, 4) is 0 Å². The number of rotatable bonds is 4. The molecule has 0 spiro atoms. The molecule has 1 unspecified atom stereocenters. The average Bonchev–Trinajstić information content (AvgIpc) is 2.42. The minimum Gasteiger partial charge on any atom is -0.312 e. The number of halogens is 1. The Bertz CT molecular complexity index is 456. The van der Waals surface area contributed by atoms with Crippen molar-refractivity contribution in [3.05, 3.63) is 34.3 Å². The van der Waals surface area contributed by atoms with E-state index >= 15 is 0 Å². The fraction of sp³-hybridized carbons (Fsp3) is 0.647. The molecule has 1 N–H and O–H groups in total. The number of nitrogens with one attached hydrogen (secondary N) is 1. The first-order valence-electron chi connectivity index (χ1n) is 7.99. The van der Waals surface area contributed by atoms with Crippen molar-refractivity contribution in [2.24, 2.45) is 0 Å². The van der Waals surface area contributed by atoms with Crippen LogP contribution < -0.4 is 5.32 Å². The molecule has 1 aliphatic carbocycles. The summed E-state index contributed by atoms with van der Waals surface area (Å²) in [4.78, 5) is 4.94. The summed E-state index contributed by atoms with van der Waals surface area (Å²) in [7, 11) is 4.48. The molecule has 116 valence electrons. The highest BCUT2D eigenvalue weighted by atomic mass is 79.9. The second kappa shape index (κ2) is 6.78. The first-order valence-corrected chi connectivity index (χ1v) is 8.79. The third-order valence-electron chi connectivity index (χ3n) is 5.10. The van der Waals surface area contributed by atoms with Gasteiger partial charge in [0.1, 0.15) is 0 Å². The number of hydrogen-bond acceptors (Lipinski definition) is 3. The second-order valence-electron chi connectivity index (χ2n) is 6.72. The molecule has 1 aromatic rings. The first-order chi connectivity index (χ1) is 10.1. The SMILES string of the molecule is CN1CCN(C)C(CNC2CC(c3ccc(Br)cc3)C2)C1. The van der Waals surface area contributed by atoms with Crippen molar-refractivity contribution in [2.75, 3.05) is 40.3 Å². The zero-order valence-electron chi connectivity index (χ0n) is 13.1. The van der Waals surface area contributed by atoms with Crippen molar-refractivity contribution in [3.63, 3.8) is 0 Å². The fourth-order valence-electron chi connectivity index (χ4n) is 3.42. The molecular formula is C17H26BrN3. The topological polar surface area (TPSA) is 18.5 Å². The molecule has 21 heavy (non-hydrogen) atoms. The Morgan fingerprint density at radius 2 is 1.86 bits per heavy atom. The van der Waals surface area contributed by atoms with Crippen LogP contribution in [0.25, 0.3) is 0 Å². The Morgan fingerprint density at radius 3 is 2.57 bits per heavy atom. The molecule has 0 aromatic heterocycles. The van der Waals surface area contributed by atoms with E-state index in [0.717, 1.165) is 12.5 Å². The summed E-state index contributed by atoms with van der Waals surface area (Å²) >= 11 is 3.50. The van der Waals surface area contributed by atoms with Gasteiger partial charge in [-0.15, -0.1) is 0 Å². The largest absolute Gasteiger partial charge is 0.312 e. The Kier molecular flexibility index (Phi) is 4.99. The first kappa shape index (κ1) is 15.5. The molecule has 3 nitrogen and oxygen atoms in total. The number of nitrogens with zero attached hydrogens (tertiary/aromatic N) is 2. The van der Waals surface area contributed by atoms with Crippen LogP contribution in [0, 0.1) is 0 Å². The molecule has 0 radical (unpaired) electrons. The minimum atomic E-state index is 0.662. The molecule has 1 saturated heterocycles. The zero-order chi connectivity index (χ0) is 14.8. The molecule has 0 bridgehead atoms. The predicted molar refractivity (Wildman–Crippen MR) is 91.8 cm³/mol. The van der Waals surface area contributed by atoms with E-state index in [9.17, 15) is 0 Å². The van der Waals surface area contributed by atoms with Gasteiger partial charge in [-0.25, -0.2) is 0 Å².